The second-order valence-electron chi connectivity index (χ2n) is 10.1. The van der Waals surface area contributed by atoms with Crippen molar-refractivity contribution in [2.45, 2.75) is 0 Å². The summed E-state index contributed by atoms with van der Waals surface area (Å²) in [4.78, 5) is 2.28. The van der Waals surface area contributed by atoms with Gasteiger partial charge in [0.25, 0.3) is 0 Å². The molecule has 0 aliphatic rings. The van der Waals surface area contributed by atoms with Crippen molar-refractivity contribution in [3.05, 3.63) is 152 Å². The molecule has 0 fully saturated rings. The fourth-order valence-electron chi connectivity index (χ4n) is 6.09. The Labute approximate surface area is 232 Å². The van der Waals surface area contributed by atoms with Crippen molar-refractivity contribution < 1.29 is 4.42 Å². The molecule has 0 N–H and O–H groups in total. The average molecular weight is 512 g/mol. The largest absolute Gasteiger partial charge is 0.454 e. The molecule has 1 aromatic heterocycles. The summed E-state index contributed by atoms with van der Waals surface area (Å²) in [5.74, 6) is 0. The first-order chi connectivity index (χ1) is 19.9. The number of hydrogen-bond donors (Lipinski definition) is 0. The SMILES string of the molecule is c1ccc(N(c2ccccc2)c2cccc3c2oc2cc(-c4cccc5ccccc45)c4ccccc4c23)cc1. The van der Waals surface area contributed by atoms with Crippen molar-refractivity contribution in [2.75, 3.05) is 4.90 Å². The van der Waals surface area contributed by atoms with E-state index in [1.54, 1.807) is 0 Å². The van der Waals surface area contributed by atoms with Crippen molar-refractivity contribution in [2.24, 2.45) is 0 Å². The summed E-state index contributed by atoms with van der Waals surface area (Å²) in [6.07, 6.45) is 0. The van der Waals surface area contributed by atoms with E-state index < -0.39 is 0 Å². The van der Waals surface area contributed by atoms with Gasteiger partial charge in [-0.3, -0.25) is 0 Å². The molecule has 0 unspecified atom stereocenters. The van der Waals surface area contributed by atoms with Gasteiger partial charge in [-0.1, -0.05) is 115 Å². The van der Waals surface area contributed by atoms with Gasteiger partial charge in [0.1, 0.15) is 5.58 Å². The molecule has 2 heteroatoms. The van der Waals surface area contributed by atoms with Crippen LogP contribution in [-0.4, -0.2) is 0 Å². The number of benzene rings is 7. The second kappa shape index (κ2) is 9.14. The van der Waals surface area contributed by atoms with E-state index in [0.717, 1.165) is 39.0 Å². The zero-order valence-corrected chi connectivity index (χ0v) is 21.8. The Hall–Kier alpha value is -5.34. The molecule has 0 radical (unpaired) electrons. The zero-order chi connectivity index (χ0) is 26.5. The number of furan rings is 1. The Morgan fingerprint density at radius 3 is 1.75 bits per heavy atom. The molecule has 2 nitrogen and oxygen atoms in total. The third-order valence-electron chi connectivity index (χ3n) is 7.83. The molecular formula is C38H25NO. The fraction of sp³-hybridized carbons (Fsp3) is 0. The quantitative estimate of drug-likeness (QED) is 0.234. The lowest BCUT2D eigenvalue weighted by molar-refractivity contribution is 0.669. The average Bonchev–Trinajstić information content (AvgIpc) is 3.41. The van der Waals surface area contributed by atoms with Crippen molar-refractivity contribution in [1.29, 1.82) is 0 Å². The summed E-state index contributed by atoms with van der Waals surface area (Å²) < 4.78 is 6.85. The van der Waals surface area contributed by atoms with Crippen LogP contribution in [0.3, 0.4) is 0 Å². The van der Waals surface area contributed by atoms with Crippen molar-refractivity contribution in [3.8, 4) is 11.1 Å². The molecule has 0 saturated carbocycles. The highest BCUT2D eigenvalue weighted by molar-refractivity contribution is 6.24. The molecule has 0 spiro atoms. The molecule has 8 rings (SSSR count). The van der Waals surface area contributed by atoms with Crippen LogP contribution in [-0.2, 0) is 0 Å². The van der Waals surface area contributed by atoms with Crippen LogP contribution in [0.25, 0.3) is 54.6 Å². The van der Waals surface area contributed by atoms with Gasteiger partial charge in [0.05, 0.1) is 5.69 Å². The molecule has 0 aliphatic carbocycles. The lowest BCUT2D eigenvalue weighted by atomic mass is 9.92. The molecular weight excluding hydrogens is 486 g/mol. The summed E-state index contributed by atoms with van der Waals surface area (Å²) >= 11 is 0. The lowest BCUT2D eigenvalue weighted by Crippen LogP contribution is -2.09. The Morgan fingerprint density at radius 1 is 0.425 bits per heavy atom. The van der Waals surface area contributed by atoms with Gasteiger partial charge in [0, 0.05) is 22.1 Å². The molecule has 1 heterocycles. The highest BCUT2D eigenvalue weighted by atomic mass is 16.3. The van der Waals surface area contributed by atoms with Crippen LogP contribution in [0.4, 0.5) is 17.1 Å². The monoisotopic (exact) mass is 511 g/mol. The first kappa shape index (κ1) is 22.6. The molecule has 0 atom stereocenters. The standard InChI is InChI=1S/C38H25NO/c1-3-15-27(16-4-1)39(28-17-5-2-6-18-28)35-24-12-23-33-37-32-21-10-9-20-31(32)34(25-36(37)40-38(33)35)30-22-11-14-26-13-7-8-19-29(26)30/h1-25H. The molecule has 40 heavy (non-hydrogen) atoms. The molecule has 188 valence electrons. The first-order valence-corrected chi connectivity index (χ1v) is 13.6. The van der Waals surface area contributed by atoms with Crippen molar-refractivity contribution in [3.63, 3.8) is 0 Å². The zero-order valence-electron chi connectivity index (χ0n) is 21.8. The predicted molar refractivity (Wildman–Crippen MR) is 169 cm³/mol. The van der Waals surface area contributed by atoms with Gasteiger partial charge in [-0.05, 0) is 69.1 Å². The predicted octanol–water partition coefficient (Wildman–Crippen LogP) is 11.0. The summed E-state index contributed by atoms with van der Waals surface area (Å²) in [6.45, 7) is 0. The third-order valence-corrected chi connectivity index (χ3v) is 7.83. The topological polar surface area (TPSA) is 16.4 Å². The van der Waals surface area contributed by atoms with E-state index in [1.165, 1.54) is 32.7 Å². The van der Waals surface area contributed by atoms with Gasteiger partial charge in [-0.2, -0.15) is 0 Å². The van der Waals surface area contributed by atoms with Gasteiger partial charge in [-0.25, -0.2) is 0 Å². The lowest BCUT2D eigenvalue weighted by Gasteiger charge is -2.25. The summed E-state index contributed by atoms with van der Waals surface area (Å²) in [6, 6.07) is 53.5. The molecule has 0 aliphatic heterocycles. The first-order valence-electron chi connectivity index (χ1n) is 13.6. The number of fused-ring (bicyclic) bond motifs is 6. The van der Waals surface area contributed by atoms with E-state index in [2.05, 4.69) is 157 Å². The van der Waals surface area contributed by atoms with E-state index in [4.69, 9.17) is 4.42 Å². The highest BCUT2D eigenvalue weighted by Crippen LogP contribution is 2.46. The molecule has 0 bridgehead atoms. The Kier molecular flexibility index (Phi) is 5.17. The number of para-hydroxylation sites is 3. The minimum Gasteiger partial charge on any atom is -0.454 e. The van der Waals surface area contributed by atoms with Crippen molar-refractivity contribution >= 4 is 60.5 Å². The smallest absolute Gasteiger partial charge is 0.159 e. The number of rotatable bonds is 4. The second-order valence-corrected chi connectivity index (χ2v) is 10.1. The number of anilines is 3. The van der Waals surface area contributed by atoms with Crippen LogP contribution < -0.4 is 4.90 Å². The minimum atomic E-state index is 0.880. The van der Waals surface area contributed by atoms with Gasteiger partial charge in [-0.15, -0.1) is 0 Å². The van der Waals surface area contributed by atoms with Crippen LogP contribution in [0.5, 0.6) is 0 Å². The molecule has 0 saturated heterocycles. The van der Waals surface area contributed by atoms with E-state index in [0.29, 0.717) is 0 Å². The van der Waals surface area contributed by atoms with Gasteiger partial charge in [0.15, 0.2) is 5.58 Å². The van der Waals surface area contributed by atoms with Crippen LogP contribution in [0.1, 0.15) is 0 Å². The van der Waals surface area contributed by atoms with E-state index in [-0.39, 0.29) is 0 Å². The van der Waals surface area contributed by atoms with Crippen LogP contribution in [0.2, 0.25) is 0 Å². The Balaban J connectivity index is 1.45. The Morgan fingerprint density at radius 2 is 1.00 bits per heavy atom. The maximum Gasteiger partial charge on any atom is 0.159 e. The van der Waals surface area contributed by atoms with Gasteiger partial charge in [0.2, 0.25) is 0 Å². The van der Waals surface area contributed by atoms with E-state index in [9.17, 15) is 0 Å². The maximum absolute atomic E-state index is 6.85. The Bertz CT molecular complexity index is 2120. The van der Waals surface area contributed by atoms with Gasteiger partial charge >= 0.3 is 0 Å². The molecule has 7 aromatic carbocycles. The summed E-state index contributed by atoms with van der Waals surface area (Å²) in [5, 5.41) is 7.16. The van der Waals surface area contributed by atoms with Crippen LogP contribution in [0, 0.1) is 0 Å². The molecule has 0 amide bonds. The van der Waals surface area contributed by atoms with Gasteiger partial charge < -0.3 is 9.32 Å². The summed E-state index contributed by atoms with van der Waals surface area (Å²) in [5.41, 5.74) is 7.36. The number of nitrogens with zero attached hydrogens (tertiary/aromatic N) is 1. The molecule has 8 aromatic rings. The van der Waals surface area contributed by atoms with Crippen LogP contribution >= 0.6 is 0 Å². The fourth-order valence-corrected chi connectivity index (χ4v) is 6.09. The van der Waals surface area contributed by atoms with Crippen LogP contribution in [0.15, 0.2) is 156 Å². The highest BCUT2D eigenvalue weighted by Gasteiger charge is 2.21. The van der Waals surface area contributed by atoms with E-state index >= 15 is 0 Å². The number of hydrogen-bond acceptors (Lipinski definition) is 2. The van der Waals surface area contributed by atoms with Crippen molar-refractivity contribution in [1.82, 2.24) is 0 Å². The van der Waals surface area contributed by atoms with E-state index in [1.807, 2.05) is 0 Å². The minimum absolute atomic E-state index is 0.880. The maximum atomic E-state index is 6.85. The summed E-state index contributed by atoms with van der Waals surface area (Å²) in [7, 11) is 0. The third kappa shape index (κ3) is 3.50. The normalized spacial score (nSPS) is 11.5.